The van der Waals surface area contributed by atoms with E-state index in [1.807, 2.05) is 23.6 Å². The standard InChI is InChI=1S/C13H12Cl2N4O/c1-7(14)13-17-10-4-3-9(15)5-11(10)19(13)6-12-16-8(2)18-20-12/h3-5,7H,6H2,1-2H3. The van der Waals surface area contributed by atoms with Gasteiger partial charge in [-0.3, -0.25) is 0 Å². The van der Waals surface area contributed by atoms with E-state index >= 15 is 0 Å². The maximum atomic E-state index is 6.21. The predicted octanol–water partition coefficient (Wildman–Crippen LogP) is 3.73. The third-order valence-corrected chi connectivity index (χ3v) is 3.39. The maximum Gasteiger partial charge on any atom is 0.246 e. The van der Waals surface area contributed by atoms with Crippen LogP contribution in [-0.4, -0.2) is 19.7 Å². The minimum absolute atomic E-state index is 0.231. The predicted molar refractivity (Wildman–Crippen MR) is 77.1 cm³/mol. The molecule has 3 rings (SSSR count). The monoisotopic (exact) mass is 310 g/mol. The molecule has 2 aromatic heterocycles. The third kappa shape index (κ3) is 2.39. The van der Waals surface area contributed by atoms with Crippen molar-refractivity contribution in [2.75, 3.05) is 0 Å². The number of aryl methyl sites for hydroxylation is 1. The summed E-state index contributed by atoms with van der Waals surface area (Å²) >= 11 is 12.3. The SMILES string of the molecule is Cc1noc(Cn2c(C(C)Cl)nc3ccc(Cl)cc32)n1. The van der Waals surface area contributed by atoms with E-state index in [-0.39, 0.29) is 5.38 Å². The van der Waals surface area contributed by atoms with E-state index in [4.69, 9.17) is 27.7 Å². The Morgan fingerprint density at radius 1 is 1.35 bits per heavy atom. The molecule has 104 valence electrons. The minimum atomic E-state index is -0.231. The van der Waals surface area contributed by atoms with Crippen LogP contribution in [0.25, 0.3) is 11.0 Å². The normalized spacial score (nSPS) is 13.0. The van der Waals surface area contributed by atoms with Crippen molar-refractivity contribution in [1.82, 2.24) is 19.7 Å². The van der Waals surface area contributed by atoms with Crippen molar-refractivity contribution in [3.05, 3.63) is 40.8 Å². The molecule has 0 aliphatic heterocycles. The van der Waals surface area contributed by atoms with Gasteiger partial charge in [0.05, 0.1) is 16.4 Å². The largest absolute Gasteiger partial charge is 0.337 e. The smallest absolute Gasteiger partial charge is 0.246 e. The summed E-state index contributed by atoms with van der Waals surface area (Å²) in [5.41, 5.74) is 1.74. The van der Waals surface area contributed by atoms with Crippen LogP contribution < -0.4 is 0 Å². The van der Waals surface area contributed by atoms with E-state index in [2.05, 4.69) is 15.1 Å². The molecule has 0 spiro atoms. The molecule has 0 bridgehead atoms. The molecule has 0 amide bonds. The van der Waals surface area contributed by atoms with Crippen molar-refractivity contribution in [1.29, 1.82) is 0 Å². The van der Waals surface area contributed by atoms with Crippen LogP contribution >= 0.6 is 23.2 Å². The first-order valence-corrected chi connectivity index (χ1v) is 6.95. The molecule has 0 saturated heterocycles. The number of benzene rings is 1. The van der Waals surface area contributed by atoms with E-state index in [0.717, 1.165) is 16.9 Å². The lowest BCUT2D eigenvalue weighted by Gasteiger charge is -2.07. The number of halogens is 2. The molecule has 0 radical (unpaired) electrons. The van der Waals surface area contributed by atoms with Crippen molar-refractivity contribution < 1.29 is 4.52 Å². The lowest BCUT2D eigenvalue weighted by Crippen LogP contribution is -2.06. The van der Waals surface area contributed by atoms with Crippen LogP contribution in [0, 0.1) is 6.92 Å². The molecule has 0 fully saturated rings. The van der Waals surface area contributed by atoms with Crippen LogP contribution in [0.3, 0.4) is 0 Å². The highest BCUT2D eigenvalue weighted by atomic mass is 35.5. The second kappa shape index (κ2) is 5.07. The van der Waals surface area contributed by atoms with Gasteiger partial charge in [0.1, 0.15) is 12.4 Å². The topological polar surface area (TPSA) is 56.7 Å². The third-order valence-electron chi connectivity index (χ3n) is 2.96. The van der Waals surface area contributed by atoms with Crippen molar-refractivity contribution >= 4 is 34.2 Å². The summed E-state index contributed by atoms with van der Waals surface area (Å²) in [6, 6.07) is 5.53. The highest BCUT2D eigenvalue weighted by molar-refractivity contribution is 6.31. The van der Waals surface area contributed by atoms with E-state index < -0.39 is 0 Å². The average Bonchev–Trinajstić information content (AvgIpc) is 2.95. The molecule has 0 saturated carbocycles. The van der Waals surface area contributed by atoms with E-state index in [0.29, 0.717) is 23.3 Å². The van der Waals surface area contributed by atoms with E-state index in [9.17, 15) is 0 Å². The lowest BCUT2D eigenvalue weighted by atomic mass is 10.3. The summed E-state index contributed by atoms with van der Waals surface area (Å²) in [6.07, 6.45) is 0. The van der Waals surface area contributed by atoms with Crippen molar-refractivity contribution in [2.24, 2.45) is 0 Å². The van der Waals surface area contributed by atoms with Crippen LogP contribution in [0.2, 0.25) is 5.02 Å². The van der Waals surface area contributed by atoms with E-state index in [1.165, 1.54) is 0 Å². The zero-order valence-electron chi connectivity index (χ0n) is 11.0. The molecule has 0 aliphatic carbocycles. The number of nitrogens with zero attached hydrogens (tertiary/aromatic N) is 4. The van der Waals surface area contributed by atoms with Crippen molar-refractivity contribution in [2.45, 2.75) is 25.8 Å². The fourth-order valence-electron chi connectivity index (χ4n) is 2.12. The van der Waals surface area contributed by atoms with Crippen LogP contribution in [-0.2, 0) is 6.54 Å². The van der Waals surface area contributed by atoms with Gasteiger partial charge in [-0.1, -0.05) is 16.8 Å². The zero-order chi connectivity index (χ0) is 14.3. The van der Waals surface area contributed by atoms with Gasteiger partial charge in [-0.15, -0.1) is 11.6 Å². The van der Waals surface area contributed by atoms with Crippen LogP contribution in [0.15, 0.2) is 22.7 Å². The number of fused-ring (bicyclic) bond motifs is 1. The highest BCUT2D eigenvalue weighted by Gasteiger charge is 2.17. The lowest BCUT2D eigenvalue weighted by molar-refractivity contribution is 0.367. The molecular formula is C13H12Cl2N4O. The van der Waals surface area contributed by atoms with Crippen LogP contribution in [0.1, 0.15) is 29.8 Å². The summed E-state index contributed by atoms with van der Waals surface area (Å²) in [5.74, 6) is 1.86. The van der Waals surface area contributed by atoms with Gasteiger partial charge in [0.15, 0.2) is 5.82 Å². The molecular weight excluding hydrogens is 299 g/mol. The van der Waals surface area contributed by atoms with Gasteiger partial charge in [-0.25, -0.2) is 4.98 Å². The Hall–Kier alpha value is -1.59. The Kier molecular flexibility index (Phi) is 3.40. The quantitative estimate of drug-likeness (QED) is 0.692. The first-order chi connectivity index (χ1) is 9.54. The molecule has 1 aromatic carbocycles. The zero-order valence-corrected chi connectivity index (χ0v) is 12.5. The first-order valence-electron chi connectivity index (χ1n) is 6.13. The molecule has 0 aliphatic rings. The molecule has 20 heavy (non-hydrogen) atoms. The Morgan fingerprint density at radius 2 is 2.15 bits per heavy atom. The van der Waals surface area contributed by atoms with Gasteiger partial charge in [0.2, 0.25) is 5.89 Å². The van der Waals surface area contributed by atoms with Crippen LogP contribution in [0.4, 0.5) is 0 Å². The Morgan fingerprint density at radius 3 is 2.80 bits per heavy atom. The summed E-state index contributed by atoms with van der Waals surface area (Å²) in [4.78, 5) is 8.75. The Balaban J connectivity index is 2.15. The van der Waals surface area contributed by atoms with Gasteiger partial charge in [-0.2, -0.15) is 4.98 Å². The Bertz CT molecular complexity index is 763. The maximum absolute atomic E-state index is 6.21. The van der Waals surface area contributed by atoms with Gasteiger partial charge in [0, 0.05) is 5.02 Å². The number of rotatable bonds is 3. The van der Waals surface area contributed by atoms with Gasteiger partial charge < -0.3 is 9.09 Å². The molecule has 7 heteroatoms. The summed E-state index contributed by atoms with van der Waals surface area (Å²) in [6.45, 7) is 4.07. The molecule has 2 heterocycles. The second-order valence-electron chi connectivity index (χ2n) is 4.54. The number of hydrogen-bond acceptors (Lipinski definition) is 4. The highest BCUT2D eigenvalue weighted by Crippen LogP contribution is 2.27. The molecule has 0 N–H and O–H groups in total. The molecule has 1 unspecified atom stereocenters. The summed E-state index contributed by atoms with van der Waals surface area (Å²) in [7, 11) is 0. The number of imidazole rings is 1. The Labute approximate surface area is 125 Å². The summed E-state index contributed by atoms with van der Waals surface area (Å²) < 4.78 is 7.12. The van der Waals surface area contributed by atoms with E-state index in [1.54, 1.807) is 13.0 Å². The fraction of sp³-hybridized carbons (Fsp3) is 0.308. The summed E-state index contributed by atoms with van der Waals surface area (Å²) in [5, 5.41) is 4.21. The van der Waals surface area contributed by atoms with Crippen LogP contribution in [0.5, 0.6) is 0 Å². The molecule has 5 nitrogen and oxygen atoms in total. The van der Waals surface area contributed by atoms with Gasteiger partial charge in [-0.05, 0) is 32.0 Å². The number of alkyl halides is 1. The second-order valence-corrected chi connectivity index (χ2v) is 5.63. The number of hydrogen-bond donors (Lipinski definition) is 0. The van der Waals surface area contributed by atoms with Crippen molar-refractivity contribution in [3.8, 4) is 0 Å². The van der Waals surface area contributed by atoms with Crippen molar-refractivity contribution in [3.63, 3.8) is 0 Å². The molecule has 3 aromatic rings. The van der Waals surface area contributed by atoms with Gasteiger partial charge in [0.25, 0.3) is 0 Å². The first kappa shape index (κ1) is 13.4. The number of aromatic nitrogens is 4. The average molecular weight is 311 g/mol. The minimum Gasteiger partial charge on any atom is -0.337 e. The van der Waals surface area contributed by atoms with Gasteiger partial charge >= 0.3 is 0 Å². The molecule has 1 atom stereocenters. The fourth-order valence-corrected chi connectivity index (χ4v) is 2.46.